The van der Waals surface area contributed by atoms with Crippen molar-refractivity contribution in [2.75, 3.05) is 13.2 Å². The van der Waals surface area contributed by atoms with E-state index in [4.69, 9.17) is 4.74 Å². The average molecular weight is 268 g/mol. The number of ether oxygens (including phenoxy) is 1. The molecule has 2 heterocycles. The monoisotopic (exact) mass is 268 g/mol. The van der Waals surface area contributed by atoms with Crippen LogP contribution in [0.3, 0.4) is 0 Å². The normalized spacial score (nSPS) is 25.6. The first-order valence-corrected chi connectivity index (χ1v) is 7.37. The first-order chi connectivity index (χ1) is 9.17. The van der Waals surface area contributed by atoms with Crippen molar-refractivity contribution in [3.63, 3.8) is 0 Å². The van der Waals surface area contributed by atoms with Crippen LogP contribution in [0.1, 0.15) is 46.0 Å². The van der Waals surface area contributed by atoms with Gasteiger partial charge in [0.2, 0.25) is 11.8 Å². The highest BCUT2D eigenvalue weighted by Crippen LogP contribution is 2.21. The number of rotatable bonds is 5. The molecule has 2 fully saturated rings. The van der Waals surface area contributed by atoms with Gasteiger partial charge in [0, 0.05) is 25.3 Å². The molecule has 2 aliphatic rings. The SMILES string of the molecule is CCC(CC)N1C(=O)CC(NC2CCOCC2)C1=O. The van der Waals surface area contributed by atoms with Gasteiger partial charge in [-0.05, 0) is 25.7 Å². The summed E-state index contributed by atoms with van der Waals surface area (Å²) in [6.07, 6.45) is 3.81. The van der Waals surface area contributed by atoms with Crippen LogP contribution in [0.25, 0.3) is 0 Å². The van der Waals surface area contributed by atoms with Gasteiger partial charge in [-0.25, -0.2) is 0 Å². The summed E-state index contributed by atoms with van der Waals surface area (Å²) < 4.78 is 5.30. The van der Waals surface area contributed by atoms with Crippen LogP contribution in [0.2, 0.25) is 0 Å². The number of nitrogens with one attached hydrogen (secondary N) is 1. The van der Waals surface area contributed by atoms with Crippen LogP contribution in [0.15, 0.2) is 0 Å². The molecule has 2 amide bonds. The van der Waals surface area contributed by atoms with Crippen molar-refractivity contribution in [1.82, 2.24) is 10.2 Å². The maximum atomic E-state index is 12.4. The maximum Gasteiger partial charge on any atom is 0.247 e. The summed E-state index contributed by atoms with van der Waals surface area (Å²) in [5.41, 5.74) is 0. The minimum Gasteiger partial charge on any atom is -0.381 e. The zero-order valence-electron chi connectivity index (χ0n) is 11.9. The Bertz CT molecular complexity index is 336. The van der Waals surface area contributed by atoms with Gasteiger partial charge in [-0.1, -0.05) is 13.8 Å². The fourth-order valence-corrected chi connectivity index (χ4v) is 2.97. The molecular formula is C14H24N2O3. The van der Waals surface area contributed by atoms with E-state index in [1.807, 2.05) is 13.8 Å². The third kappa shape index (κ3) is 3.15. The van der Waals surface area contributed by atoms with E-state index in [1.165, 1.54) is 4.90 Å². The molecule has 0 radical (unpaired) electrons. The molecule has 2 saturated heterocycles. The second-order valence-corrected chi connectivity index (χ2v) is 5.38. The molecule has 5 heteroatoms. The van der Waals surface area contributed by atoms with E-state index in [0.29, 0.717) is 12.5 Å². The summed E-state index contributed by atoms with van der Waals surface area (Å²) in [6, 6.07) is 0.0369. The molecule has 0 aromatic heterocycles. The van der Waals surface area contributed by atoms with Crippen molar-refractivity contribution in [3.8, 4) is 0 Å². The quantitative estimate of drug-likeness (QED) is 0.758. The van der Waals surface area contributed by atoms with Gasteiger partial charge in [0.25, 0.3) is 0 Å². The first-order valence-electron chi connectivity index (χ1n) is 7.37. The molecule has 0 aliphatic carbocycles. The fraction of sp³-hybridized carbons (Fsp3) is 0.857. The zero-order valence-corrected chi connectivity index (χ0v) is 11.9. The summed E-state index contributed by atoms with van der Waals surface area (Å²) in [5, 5.41) is 3.34. The standard InChI is InChI=1S/C14H24N2O3/c1-3-11(4-2)16-13(17)9-12(14(16)18)15-10-5-7-19-8-6-10/h10-12,15H,3-9H2,1-2H3. The lowest BCUT2D eigenvalue weighted by Crippen LogP contribution is -2.47. The van der Waals surface area contributed by atoms with Gasteiger partial charge >= 0.3 is 0 Å². The second-order valence-electron chi connectivity index (χ2n) is 5.38. The molecule has 1 unspecified atom stereocenters. The molecule has 1 N–H and O–H groups in total. The molecular weight excluding hydrogens is 244 g/mol. The van der Waals surface area contributed by atoms with E-state index in [9.17, 15) is 9.59 Å². The van der Waals surface area contributed by atoms with Gasteiger partial charge in [0.05, 0.1) is 12.5 Å². The van der Waals surface area contributed by atoms with E-state index in [2.05, 4.69) is 5.32 Å². The van der Waals surface area contributed by atoms with Crippen molar-refractivity contribution in [2.45, 2.75) is 64.1 Å². The molecule has 2 rings (SSSR count). The predicted octanol–water partition coefficient (Wildman–Crippen LogP) is 1.07. The summed E-state index contributed by atoms with van der Waals surface area (Å²) in [7, 11) is 0. The van der Waals surface area contributed by atoms with E-state index in [-0.39, 0.29) is 23.9 Å². The molecule has 1 atom stereocenters. The highest BCUT2D eigenvalue weighted by Gasteiger charge is 2.41. The lowest BCUT2D eigenvalue weighted by Gasteiger charge is -2.27. The van der Waals surface area contributed by atoms with E-state index >= 15 is 0 Å². The largest absolute Gasteiger partial charge is 0.381 e. The van der Waals surface area contributed by atoms with E-state index < -0.39 is 0 Å². The molecule has 0 bridgehead atoms. The van der Waals surface area contributed by atoms with Crippen LogP contribution in [0.4, 0.5) is 0 Å². The van der Waals surface area contributed by atoms with Crippen molar-refractivity contribution < 1.29 is 14.3 Å². The molecule has 19 heavy (non-hydrogen) atoms. The van der Waals surface area contributed by atoms with Gasteiger partial charge in [0.1, 0.15) is 0 Å². The second kappa shape index (κ2) is 6.48. The predicted molar refractivity (Wildman–Crippen MR) is 71.6 cm³/mol. The Morgan fingerprint density at radius 2 is 1.89 bits per heavy atom. The van der Waals surface area contributed by atoms with Crippen molar-refractivity contribution in [1.29, 1.82) is 0 Å². The Balaban J connectivity index is 1.96. The molecule has 0 aromatic rings. The number of carbonyl (C=O) groups excluding carboxylic acids is 2. The highest BCUT2D eigenvalue weighted by molar-refractivity contribution is 6.05. The van der Waals surface area contributed by atoms with Crippen LogP contribution in [-0.4, -0.2) is 48.1 Å². The summed E-state index contributed by atoms with van der Waals surface area (Å²) in [5.74, 6) is -0.0616. The third-order valence-electron chi connectivity index (χ3n) is 4.15. The van der Waals surface area contributed by atoms with Gasteiger partial charge in [0.15, 0.2) is 0 Å². The topological polar surface area (TPSA) is 58.6 Å². The Kier molecular flexibility index (Phi) is 4.93. The lowest BCUT2D eigenvalue weighted by molar-refractivity contribution is -0.141. The number of hydrogen-bond donors (Lipinski definition) is 1. The van der Waals surface area contributed by atoms with Crippen molar-refractivity contribution in [2.24, 2.45) is 0 Å². The highest BCUT2D eigenvalue weighted by atomic mass is 16.5. The number of imide groups is 1. The number of amides is 2. The lowest BCUT2D eigenvalue weighted by atomic mass is 10.1. The molecule has 0 aromatic carbocycles. The average Bonchev–Trinajstić information content (AvgIpc) is 2.69. The number of nitrogens with zero attached hydrogens (tertiary/aromatic N) is 1. The Labute approximate surface area is 114 Å². The number of hydrogen-bond acceptors (Lipinski definition) is 4. The zero-order chi connectivity index (χ0) is 13.8. The van der Waals surface area contributed by atoms with Gasteiger partial charge in [-0.2, -0.15) is 0 Å². The van der Waals surface area contributed by atoms with Crippen LogP contribution in [-0.2, 0) is 14.3 Å². The Morgan fingerprint density at radius 1 is 1.26 bits per heavy atom. The molecule has 2 aliphatic heterocycles. The van der Waals surface area contributed by atoms with Gasteiger partial charge < -0.3 is 10.1 Å². The first kappa shape index (κ1) is 14.5. The van der Waals surface area contributed by atoms with Gasteiger partial charge in [-0.3, -0.25) is 14.5 Å². The molecule has 0 saturated carbocycles. The van der Waals surface area contributed by atoms with E-state index in [0.717, 1.165) is 38.9 Å². The van der Waals surface area contributed by atoms with Crippen molar-refractivity contribution >= 4 is 11.8 Å². The fourth-order valence-electron chi connectivity index (χ4n) is 2.97. The Hall–Kier alpha value is -0.940. The number of carbonyl (C=O) groups is 2. The summed E-state index contributed by atoms with van der Waals surface area (Å²) in [6.45, 7) is 5.52. The molecule has 108 valence electrons. The maximum absolute atomic E-state index is 12.4. The minimum absolute atomic E-state index is 0.0248. The Morgan fingerprint density at radius 3 is 2.47 bits per heavy atom. The van der Waals surface area contributed by atoms with Gasteiger partial charge in [-0.15, -0.1) is 0 Å². The summed E-state index contributed by atoms with van der Waals surface area (Å²) >= 11 is 0. The van der Waals surface area contributed by atoms with E-state index in [1.54, 1.807) is 0 Å². The smallest absolute Gasteiger partial charge is 0.247 e. The summed E-state index contributed by atoms with van der Waals surface area (Å²) in [4.78, 5) is 25.9. The van der Waals surface area contributed by atoms with Crippen LogP contribution >= 0.6 is 0 Å². The van der Waals surface area contributed by atoms with Crippen molar-refractivity contribution in [3.05, 3.63) is 0 Å². The molecule has 0 spiro atoms. The third-order valence-corrected chi connectivity index (χ3v) is 4.15. The van der Waals surface area contributed by atoms with Crippen LogP contribution < -0.4 is 5.32 Å². The number of likely N-dealkylation sites (tertiary alicyclic amines) is 1. The van der Waals surface area contributed by atoms with Crippen LogP contribution in [0.5, 0.6) is 0 Å². The minimum atomic E-state index is -0.323. The molecule has 5 nitrogen and oxygen atoms in total. The van der Waals surface area contributed by atoms with Crippen LogP contribution in [0, 0.1) is 0 Å².